The zero-order valence-electron chi connectivity index (χ0n) is 10.5. The van der Waals surface area contributed by atoms with Gasteiger partial charge in [-0.15, -0.1) is 0 Å². The van der Waals surface area contributed by atoms with E-state index >= 15 is 0 Å². The summed E-state index contributed by atoms with van der Waals surface area (Å²) in [7, 11) is 0. The van der Waals surface area contributed by atoms with Gasteiger partial charge in [0.1, 0.15) is 0 Å². The first-order valence-electron chi connectivity index (χ1n) is 6.18. The van der Waals surface area contributed by atoms with E-state index in [1.807, 2.05) is 6.92 Å². The Labute approximate surface area is 108 Å². The quantitative estimate of drug-likeness (QED) is 0.637. The Morgan fingerprint density at radius 1 is 1.21 bits per heavy atom. The molecule has 1 atom stereocenters. The zero-order valence-corrected chi connectivity index (χ0v) is 10.5. The van der Waals surface area contributed by atoms with E-state index in [1.54, 1.807) is 0 Å². The molecule has 1 saturated carbocycles. The second-order valence-corrected chi connectivity index (χ2v) is 4.90. The average molecular weight is 277 g/mol. The summed E-state index contributed by atoms with van der Waals surface area (Å²) in [6, 6.07) is 0.679. The van der Waals surface area contributed by atoms with Crippen molar-refractivity contribution in [1.82, 2.24) is 5.32 Å². The number of benzene rings is 1. The summed E-state index contributed by atoms with van der Waals surface area (Å²) in [5, 5.41) is 3.23. The summed E-state index contributed by atoms with van der Waals surface area (Å²) in [6.45, 7) is 2.43. The fourth-order valence-corrected chi connectivity index (χ4v) is 1.62. The first-order valence-corrected chi connectivity index (χ1v) is 6.18. The van der Waals surface area contributed by atoms with Gasteiger partial charge in [-0.3, -0.25) is 0 Å². The van der Waals surface area contributed by atoms with Crippen molar-refractivity contribution in [3.8, 4) is 5.75 Å². The van der Waals surface area contributed by atoms with Crippen LogP contribution in [0.25, 0.3) is 0 Å². The van der Waals surface area contributed by atoms with Crippen molar-refractivity contribution >= 4 is 0 Å². The molecular weight excluding hydrogens is 262 g/mol. The van der Waals surface area contributed by atoms with Gasteiger partial charge < -0.3 is 10.1 Å². The SMILES string of the molecule is CC(CNC1CC1)COc1c(F)c(F)cc(F)c1F. The Morgan fingerprint density at radius 3 is 2.32 bits per heavy atom. The van der Waals surface area contributed by atoms with Gasteiger partial charge in [0.2, 0.25) is 11.6 Å². The van der Waals surface area contributed by atoms with Crippen molar-refractivity contribution in [2.75, 3.05) is 13.2 Å². The average Bonchev–Trinajstić information content (AvgIpc) is 3.18. The Morgan fingerprint density at radius 2 is 1.79 bits per heavy atom. The molecule has 0 aliphatic heterocycles. The van der Waals surface area contributed by atoms with Crippen molar-refractivity contribution in [2.24, 2.45) is 5.92 Å². The van der Waals surface area contributed by atoms with Gasteiger partial charge in [-0.2, -0.15) is 8.78 Å². The van der Waals surface area contributed by atoms with Crippen LogP contribution >= 0.6 is 0 Å². The third-order valence-corrected chi connectivity index (χ3v) is 2.92. The van der Waals surface area contributed by atoms with Gasteiger partial charge in [0, 0.05) is 24.6 Å². The highest BCUT2D eigenvalue weighted by molar-refractivity contribution is 5.28. The van der Waals surface area contributed by atoms with Crippen LogP contribution in [0.5, 0.6) is 5.75 Å². The monoisotopic (exact) mass is 277 g/mol. The highest BCUT2D eigenvalue weighted by Gasteiger charge is 2.23. The second-order valence-electron chi connectivity index (χ2n) is 4.90. The van der Waals surface area contributed by atoms with Crippen molar-refractivity contribution in [3.63, 3.8) is 0 Å². The molecule has 1 fully saturated rings. The van der Waals surface area contributed by atoms with E-state index in [4.69, 9.17) is 4.74 Å². The first kappa shape index (κ1) is 14.1. The fraction of sp³-hybridized carbons (Fsp3) is 0.538. The van der Waals surface area contributed by atoms with Crippen LogP contribution in [0.4, 0.5) is 17.6 Å². The molecule has 0 radical (unpaired) electrons. The molecule has 0 saturated heterocycles. The lowest BCUT2D eigenvalue weighted by Gasteiger charge is -2.15. The summed E-state index contributed by atoms with van der Waals surface area (Å²) >= 11 is 0. The lowest BCUT2D eigenvalue weighted by molar-refractivity contribution is 0.227. The largest absolute Gasteiger partial charge is 0.487 e. The van der Waals surface area contributed by atoms with Gasteiger partial charge in [0.15, 0.2) is 17.4 Å². The van der Waals surface area contributed by atoms with Crippen molar-refractivity contribution in [2.45, 2.75) is 25.8 Å². The standard InChI is InChI=1S/C13H15F4NO/c1-7(5-18-8-2-3-8)6-19-13-11(16)9(14)4-10(15)12(13)17/h4,7-8,18H,2-3,5-6H2,1H3. The van der Waals surface area contributed by atoms with Crippen molar-refractivity contribution in [1.29, 1.82) is 0 Å². The Hall–Kier alpha value is -1.30. The molecule has 0 aromatic heterocycles. The predicted molar refractivity (Wildman–Crippen MR) is 62.0 cm³/mol. The molecule has 6 heteroatoms. The molecule has 1 unspecified atom stereocenters. The molecule has 1 aliphatic carbocycles. The topological polar surface area (TPSA) is 21.3 Å². The number of ether oxygens (including phenoxy) is 1. The summed E-state index contributed by atoms with van der Waals surface area (Å²) in [5.74, 6) is -6.93. The van der Waals surface area contributed by atoms with Crippen LogP contribution in [-0.2, 0) is 0 Å². The van der Waals surface area contributed by atoms with Gasteiger partial charge in [-0.05, 0) is 12.8 Å². The fourth-order valence-electron chi connectivity index (χ4n) is 1.62. The molecule has 2 nitrogen and oxygen atoms in total. The molecule has 0 heterocycles. The number of hydrogen-bond donors (Lipinski definition) is 1. The molecule has 0 bridgehead atoms. The smallest absolute Gasteiger partial charge is 0.203 e. The van der Waals surface area contributed by atoms with E-state index in [-0.39, 0.29) is 18.6 Å². The highest BCUT2D eigenvalue weighted by atomic mass is 19.2. The molecule has 0 spiro atoms. The van der Waals surface area contributed by atoms with Gasteiger partial charge in [0.25, 0.3) is 0 Å². The molecule has 1 aromatic rings. The minimum atomic E-state index is -1.50. The third kappa shape index (κ3) is 3.59. The predicted octanol–water partition coefficient (Wildman–Crippen LogP) is 3.01. The van der Waals surface area contributed by atoms with E-state index in [2.05, 4.69) is 5.32 Å². The molecule has 0 amide bonds. The number of rotatable bonds is 6. The van der Waals surface area contributed by atoms with E-state index in [9.17, 15) is 17.6 Å². The number of nitrogens with one attached hydrogen (secondary N) is 1. The maximum atomic E-state index is 13.3. The number of hydrogen-bond acceptors (Lipinski definition) is 2. The van der Waals surface area contributed by atoms with Crippen LogP contribution in [0.2, 0.25) is 0 Å². The lowest BCUT2D eigenvalue weighted by Crippen LogP contribution is -2.27. The van der Waals surface area contributed by atoms with Crippen molar-refractivity contribution < 1.29 is 22.3 Å². The Bertz CT molecular complexity index is 436. The molecular formula is C13H15F4NO. The van der Waals surface area contributed by atoms with Gasteiger partial charge in [0.05, 0.1) is 6.61 Å². The molecule has 1 aliphatic rings. The Balaban J connectivity index is 1.94. The van der Waals surface area contributed by atoms with Gasteiger partial charge >= 0.3 is 0 Å². The first-order chi connectivity index (χ1) is 8.99. The van der Waals surface area contributed by atoms with Crippen LogP contribution in [0.1, 0.15) is 19.8 Å². The normalized spacial score (nSPS) is 16.5. The van der Waals surface area contributed by atoms with Crippen LogP contribution in [0.15, 0.2) is 6.07 Å². The van der Waals surface area contributed by atoms with E-state index in [0.29, 0.717) is 12.6 Å². The molecule has 19 heavy (non-hydrogen) atoms. The van der Waals surface area contributed by atoms with Gasteiger partial charge in [-0.1, -0.05) is 6.92 Å². The third-order valence-electron chi connectivity index (χ3n) is 2.92. The maximum Gasteiger partial charge on any atom is 0.203 e. The van der Waals surface area contributed by atoms with Crippen LogP contribution in [0.3, 0.4) is 0 Å². The summed E-state index contributed by atoms with van der Waals surface area (Å²) in [4.78, 5) is 0. The maximum absolute atomic E-state index is 13.3. The van der Waals surface area contributed by atoms with Crippen LogP contribution in [-0.4, -0.2) is 19.2 Å². The molecule has 2 rings (SSSR count). The van der Waals surface area contributed by atoms with Crippen LogP contribution in [0, 0.1) is 29.2 Å². The van der Waals surface area contributed by atoms with Crippen molar-refractivity contribution in [3.05, 3.63) is 29.3 Å². The van der Waals surface area contributed by atoms with E-state index in [0.717, 1.165) is 12.8 Å². The minimum absolute atomic E-state index is 0.0174. The lowest BCUT2D eigenvalue weighted by atomic mass is 10.2. The van der Waals surface area contributed by atoms with E-state index < -0.39 is 29.0 Å². The highest BCUT2D eigenvalue weighted by Crippen LogP contribution is 2.26. The van der Waals surface area contributed by atoms with E-state index in [1.165, 1.54) is 0 Å². The molecule has 1 N–H and O–H groups in total. The summed E-state index contributed by atoms with van der Waals surface area (Å²) < 4.78 is 57.3. The second kappa shape index (κ2) is 5.77. The van der Waals surface area contributed by atoms with Crippen LogP contribution < -0.4 is 10.1 Å². The summed E-state index contributed by atoms with van der Waals surface area (Å²) in [6.07, 6.45) is 2.26. The van der Waals surface area contributed by atoms with Gasteiger partial charge in [-0.25, -0.2) is 8.78 Å². The number of halogens is 4. The Kier molecular flexibility index (Phi) is 4.29. The summed E-state index contributed by atoms with van der Waals surface area (Å²) in [5.41, 5.74) is 0. The molecule has 106 valence electrons. The minimum Gasteiger partial charge on any atom is -0.487 e. The zero-order chi connectivity index (χ0) is 14.0. The molecule has 1 aromatic carbocycles.